The first-order valence-electron chi connectivity index (χ1n) is 12.5. The van der Waals surface area contributed by atoms with Crippen LogP contribution in [0.2, 0.25) is 5.02 Å². The molecule has 0 unspecified atom stereocenters. The number of ether oxygens (including phenoxy) is 2. The average molecular weight is 552 g/mol. The van der Waals surface area contributed by atoms with Gasteiger partial charge in [-0.05, 0) is 67.8 Å². The van der Waals surface area contributed by atoms with E-state index in [1.54, 1.807) is 24.3 Å². The summed E-state index contributed by atoms with van der Waals surface area (Å²) in [5.41, 5.74) is 0.233. The van der Waals surface area contributed by atoms with Gasteiger partial charge >= 0.3 is 5.97 Å². The fraction of sp³-hybridized carbons (Fsp3) is 0.481. The Morgan fingerprint density at radius 2 is 1.63 bits per heavy atom. The molecule has 0 aliphatic carbocycles. The van der Waals surface area contributed by atoms with Gasteiger partial charge < -0.3 is 34.8 Å². The van der Waals surface area contributed by atoms with Crippen molar-refractivity contribution in [3.05, 3.63) is 70.5 Å². The lowest BCUT2D eigenvalue weighted by Gasteiger charge is -2.47. The molecule has 2 aromatic carbocycles. The van der Waals surface area contributed by atoms with Crippen molar-refractivity contribution in [2.75, 3.05) is 19.6 Å². The molecule has 206 valence electrons. The highest BCUT2D eigenvalue weighted by Gasteiger charge is 2.50. The Balaban J connectivity index is 1.42. The molecule has 2 aromatic rings. The van der Waals surface area contributed by atoms with E-state index in [0.717, 1.165) is 5.56 Å². The lowest BCUT2D eigenvalue weighted by Crippen LogP contribution is -2.62. The Kier molecular flexibility index (Phi) is 9.15. The summed E-state index contributed by atoms with van der Waals surface area (Å²) in [5, 5.41) is 40.7. The summed E-state index contributed by atoms with van der Waals surface area (Å²) in [6.45, 7) is 1.80. The Hall–Kier alpha value is -2.44. The monoisotopic (exact) mass is 551 g/mol. The number of Topliss-reactive ketones (excluding diaryl/α,β-unsaturated/α-hetero) is 1. The number of carboxylic acid groups (broad SMARTS) is 1. The number of halogens is 2. The lowest BCUT2D eigenvalue weighted by atomic mass is 9.83. The van der Waals surface area contributed by atoms with Crippen LogP contribution in [0.4, 0.5) is 4.39 Å². The van der Waals surface area contributed by atoms with Crippen LogP contribution >= 0.6 is 11.6 Å². The van der Waals surface area contributed by atoms with Crippen LogP contribution in [-0.2, 0) is 19.9 Å². The first-order valence-corrected chi connectivity index (χ1v) is 12.8. The van der Waals surface area contributed by atoms with E-state index < -0.39 is 48.1 Å². The molecule has 2 saturated heterocycles. The molecular formula is C27H31ClFNO8. The highest BCUT2D eigenvalue weighted by Crippen LogP contribution is 2.40. The van der Waals surface area contributed by atoms with Crippen LogP contribution in [0.15, 0.2) is 48.5 Å². The topological polar surface area (TPSA) is 137 Å². The van der Waals surface area contributed by atoms with Crippen LogP contribution in [0, 0.1) is 5.82 Å². The number of carbonyl (C=O) groups excluding carboxylic acids is 1. The molecule has 2 aliphatic heterocycles. The van der Waals surface area contributed by atoms with Gasteiger partial charge in [0.1, 0.15) is 24.1 Å². The van der Waals surface area contributed by atoms with Crippen molar-refractivity contribution in [2.24, 2.45) is 0 Å². The van der Waals surface area contributed by atoms with Crippen molar-refractivity contribution in [3.8, 4) is 0 Å². The summed E-state index contributed by atoms with van der Waals surface area (Å²) in [4.78, 5) is 26.1. The van der Waals surface area contributed by atoms with Gasteiger partial charge in [0, 0.05) is 30.1 Å². The van der Waals surface area contributed by atoms with Gasteiger partial charge in [-0.15, -0.1) is 0 Å². The summed E-state index contributed by atoms with van der Waals surface area (Å²) in [7, 11) is 0. The van der Waals surface area contributed by atoms with Crippen LogP contribution in [0.1, 0.15) is 41.6 Å². The fourth-order valence-corrected chi connectivity index (χ4v) is 5.11. The predicted octanol–water partition coefficient (Wildman–Crippen LogP) is 2.34. The molecule has 2 fully saturated rings. The number of aliphatic hydroxyl groups is 3. The molecule has 9 nitrogen and oxygen atoms in total. The molecule has 0 aromatic heterocycles. The summed E-state index contributed by atoms with van der Waals surface area (Å²) < 4.78 is 24.8. The Morgan fingerprint density at radius 3 is 2.24 bits per heavy atom. The van der Waals surface area contributed by atoms with E-state index in [0.29, 0.717) is 55.9 Å². The summed E-state index contributed by atoms with van der Waals surface area (Å²) in [6.07, 6.45) is -6.68. The second kappa shape index (κ2) is 12.2. The Bertz CT molecular complexity index is 1110. The number of carbonyl (C=O) groups is 2. The normalized spacial score (nSPS) is 27.7. The molecule has 11 heteroatoms. The minimum atomic E-state index is -1.81. The number of aliphatic hydroxyl groups excluding tert-OH is 3. The van der Waals surface area contributed by atoms with Crippen molar-refractivity contribution in [1.82, 2.24) is 4.90 Å². The molecule has 38 heavy (non-hydrogen) atoms. The third kappa shape index (κ3) is 6.40. The number of aliphatic carboxylic acids is 1. The summed E-state index contributed by atoms with van der Waals surface area (Å²) >= 11 is 6.07. The van der Waals surface area contributed by atoms with Crippen LogP contribution < -0.4 is 0 Å². The van der Waals surface area contributed by atoms with Crippen molar-refractivity contribution in [3.63, 3.8) is 0 Å². The van der Waals surface area contributed by atoms with E-state index >= 15 is 0 Å². The van der Waals surface area contributed by atoms with Crippen LogP contribution in [0.25, 0.3) is 0 Å². The molecule has 4 rings (SSSR count). The number of piperidine rings is 1. The SMILES string of the molecule is O=C(CCCN1CCC(O[C@@H]2O[C@H](C(=O)O)[C@@H](O)[C@@H](O)[C@@H]2O)(c2ccc(Cl)cc2)CC1)c1ccc(F)cc1. The van der Waals surface area contributed by atoms with E-state index in [2.05, 4.69) is 4.90 Å². The molecule has 0 saturated carbocycles. The van der Waals surface area contributed by atoms with E-state index in [4.69, 9.17) is 21.1 Å². The Labute approximate surface area is 224 Å². The zero-order valence-corrected chi connectivity index (χ0v) is 21.3. The maximum absolute atomic E-state index is 13.1. The van der Waals surface area contributed by atoms with Crippen molar-refractivity contribution < 1.29 is 43.9 Å². The first kappa shape index (κ1) is 28.6. The number of benzene rings is 2. The molecular weight excluding hydrogens is 521 g/mol. The standard InChI is InChI=1S/C27H31ClFNO8/c28-18-7-5-17(6-8-18)27(38-26-23(34)21(32)22(33)24(37-26)25(35)36)11-14-30(15-12-27)13-1-2-20(31)16-3-9-19(29)10-4-16/h3-10,21-24,26,32-34H,1-2,11-15H2,(H,35,36)/t21-,22+,23+,24+,26+/m1/s1. The number of hydrogen-bond acceptors (Lipinski definition) is 8. The maximum atomic E-state index is 13.1. The van der Waals surface area contributed by atoms with E-state index in [-0.39, 0.29) is 5.78 Å². The number of rotatable bonds is 9. The third-order valence-electron chi connectivity index (χ3n) is 7.23. The average Bonchev–Trinajstić information content (AvgIpc) is 2.90. The minimum Gasteiger partial charge on any atom is -0.479 e. The molecule has 0 amide bonds. The first-order chi connectivity index (χ1) is 18.1. The van der Waals surface area contributed by atoms with E-state index in [1.807, 2.05) is 0 Å². The fourth-order valence-electron chi connectivity index (χ4n) is 4.98. The van der Waals surface area contributed by atoms with Crippen molar-refractivity contribution >= 4 is 23.4 Å². The molecule has 0 bridgehead atoms. The van der Waals surface area contributed by atoms with E-state index in [1.165, 1.54) is 24.3 Å². The molecule has 5 atom stereocenters. The van der Waals surface area contributed by atoms with Gasteiger partial charge in [0.2, 0.25) is 0 Å². The molecule has 0 radical (unpaired) electrons. The molecule has 0 spiro atoms. The highest BCUT2D eigenvalue weighted by molar-refractivity contribution is 6.30. The second-order valence-electron chi connectivity index (χ2n) is 9.73. The minimum absolute atomic E-state index is 0.0574. The van der Waals surface area contributed by atoms with Crippen LogP contribution in [0.5, 0.6) is 0 Å². The van der Waals surface area contributed by atoms with Gasteiger partial charge in [-0.25, -0.2) is 9.18 Å². The van der Waals surface area contributed by atoms with Gasteiger partial charge in [0.15, 0.2) is 18.2 Å². The summed E-state index contributed by atoms with van der Waals surface area (Å²) in [6, 6.07) is 12.5. The number of ketones is 1. The predicted molar refractivity (Wildman–Crippen MR) is 134 cm³/mol. The van der Waals surface area contributed by atoms with Gasteiger partial charge in [0.25, 0.3) is 0 Å². The number of likely N-dealkylation sites (tertiary alicyclic amines) is 1. The molecule has 2 aliphatic rings. The van der Waals surface area contributed by atoms with E-state index in [9.17, 15) is 34.4 Å². The molecule has 4 N–H and O–H groups in total. The van der Waals surface area contributed by atoms with Crippen molar-refractivity contribution in [2.45, 2.75) is 62.0 Å². The largest absolute Gasteiger partial charge is 0.479 e. The van der Waals surface area contributed by atoms with Gasteiger partial charge in [-0.3, -0.25) is 4.79 Å². The van der Waals surface area contributed by atoms with Gasteiger partial charge in [0.05, 0.1) is 5.60 Å². The lowest BCUT2D eigenvalue weighted by molar-refractivity contribution is -0.327. The zero-order chi connectivity index (χ0) is 27.4. The van der Waals surface area contributed by atoms with Crippen LogP contribution in [-0.4, -0.2) is 87.4 Å². The smallest absolute Gasteiger partial charge is 0.335 e. The number of hydrogen-bond donors (Lipinski definition) is 4. The number of carboxylic acids is 1. The highest BCUT2D eigenvalue weighted by atomic mass is 35.5. The molecule has 2 heterocycles. The maximum Gasteiger partial charge on any atom is 0.335 e. The van der Waals surface area contributed by atoms with Gasteiger partial charge in [-0.2, -0.15) is 0 Å². The second-order valence-corrected chi connectivity index (χ2v) is 10.2. The third-order valence-corrected chi connectivity index (χ3v) is 7.49. The van der Waals surface area contributed by atoms with Crippen molar-refractivity contribution in [1.29, 1.82) is 0 Å². The quantitative estimate of drug-likeness (QED) is 0.346. The summed E-state index contributed by atoms with van der Waals surface area (Å²) in [5.74, 6) is -1.93. The Morgan fingerprint density at radius 1 is 1.00 bits per heavy atom. The van der Waals surface area contributed by atoms with Gasteiger partial charge in [-0.1, -0.05) is 23.7 Å². The number of nitrogens with zero attached hydrogens (tertiary/aromatic N) is 1. The zero-order valence-electron chi connectivity index (χ0n) is 20.6. The van der Waals surface area contributed by atoms with Crippen LogP contribution in [0.3, 0.4) is 0 Å².